The summed E-state index contributed by atoms with van der Waals surface area (Å²) in [5.74, 6) is -0.624. The van der Waals surface area contributed by atoms with Gasteiger partial charge in [-0.15, -0.1) is 12.4 Å². The summed E-state index contributed by atoms with van der Waals surface area (Å²) in [6, 6.07) is 3.12. The number of halogens is 3. The zero-order chi connectivity index (χ0) is 13.2. The topological polar surface area (TPSA) is 58.2 Å². The summed E-state index contributed by atoms with van der Waals surface area (Å²) in [4.78, 5) is -0.213. The van der Waals surface area contributed by atoms with Crippen LogP contribution in [0, 0.1) is 5.82 Å². The van der Waals surface area contributed by atoms with Crippen molar-refractivity contribution in [1.29, 1.82) is 0 Å². The van der Waals surface area contributed by atoms with Gasteiger partial charge < -0.3 is 5.32 Å². The first-order valence-corrected chi connectivity index (χ1v) is 7.53. The molecule has 1 fully saturated rings. The molecular formula is C11H15Cl2FN2O2S. The van der Waals surface area contributed by atoms with Crippen LogP contribution in [0.4, 0.5) is 4.39 Å². The van der Waals surface area contributed by atoms with Gasteiger partial charge in [-0.3, -0.25) is 0 Å². The molecule has 1 aromatic carbocycles. The number of benzene rings is 1. The van der Waals surface area contributed by atoms with Crippen LogP contribution >= 0.6 is 24.0 Å². The number of rotatable bonds is 3. The fourth-order valence-corrected chi connectivity index (χ4v) is 3.70. The van der Waals surface area contributed by atoms with E-state index in [2.05, 4.69) is 10.0 Å². The number of nitrogens with one attached hydrogen (secondary N) is 2. The monoisotopic (exact) mass is 328 g/mol. The van der Waals surface area contributed by atoms with E-state index in [1.54, 1.807) is 0 Å². The second kappa shape index (κ2) is 6.85. The van der Waals surface area contributed by atoms with Crippen molar-refractivity contribution in [2.45, 2.75) is 23.8 Å². The average molecular weight is 329 g/mol. The van der Waals surface area contributed by atoms with Crippen molar-refractivity contribution in [2.24, 2.45) is 0 Å². The lowest BCUT2D eigenvalue weighted by molar-refractivity contribution is 0.428. The molecule has 0 radical (unpaired) electrons. The molecule has 1 saturated heterocycles. The Morgan fingerprint density at radius 2 is 2.16 bits per heavy atom. The van der Waals surface area contributed by atoms with Gasteiger partial charge in [0.15, 0.2) is 0 Å². The van der Waals surface area contributed by atoms with Gasteiger partial charge in [-0.1, -0.05) is 11.6 Å². The third-order valence-electron chi connectivity index (χ3n) is 2.80. The molecule has 2 N–H and O–H groups in total. The summed E-state index contributed by atoms with van der Waals surface area (Å²) in [5, 5.41) is 3.12. The van der Waals surface area contributed by atoms with E-state index in [0.29, 0.717) is 6.54 Å². The lowest BCUT2D eigenvalue weighted by Gasteiger charge is -2.23. The normalized spacial score (nSPS) is 19.8. The van der Waals surface area contributed by atoms with Gasteiger partial charge in [0.05, 0.1) is 5.02 Å². The lowest BCUT2D eigenvalue weighted by Crippen LogP contribution is -2.45. The molecule has 1 heterocycles. The van der Waals surface area contributed by atoms with E-state index in [1.807, 2.05) is 0 Å². The fourth-order valence-electron chi connectivity index (χ4n) is 1.92. The first-order chi connectivity index (χ1) is 8.49. The summed E-state index contributed by atoms with van der Waals surface area (Å²) in [5.41, 5.74) is 0. The van der Waals surface area contributed by atoms with Gasteiger partial charge in [0.1, 0.15) is 10.7 Å². The second-order valence-electron chi connectivity index (χ2n) is 4.24. The van der Waals surface area contributed by atoms with Crippen molar-refractivity contribution in [1.82, 2.24) is 10.0 Å². The Hall–Kier alpha value is -0.400. The quantitative estimate of drug-likeness (QED) is 0.891. The van der Waals surface area contributed by atoms with E-state index in [-0.39, 0.29) is 28.4 Å². The molecule has 0 spiro atoms. The number of piperidine rings is 1. The maximum atomic E-state index is 13.1. The summed E-state index contributed by atoms with van der Waals surface area (Å²) in [6.45, 7) is 1.46. The molecule has 0 aromatic heterocycles. The molecule has 1 atom stereocenters. The summed E-state index contributed by atoms with van der Waals surface area (Å²) < 4.78 is 39.8. The van der Waals surface area contributed by atoms with Crippen molar-refractivity contribution < 1.29 is 12.8 Å². The number of sulfonamides is 1. The maximum Gasteiger partial charge on any atom is 0.242 e. The van der Waals surface area contributed by atoms with Crippen LogP contribution in [0.3, 0.4) is 0 Å². The Morgan fingerprint density at radius 3 is 2.79 bits per heavy atom. The molecule has 1 aromatic rings. The van der Waals surface area contributed by atoms with E-state index in [4.69, 9.17) is 11.6 Å². The van der Waals surface area contributed by atoms with Gasteiger partial charge in [-0.25, -0.2) is 17.5 Å². The minimum Gasteiger partial charge on any atom is -0.315 e. The fraction of sp³-hybridized carbons (Fsp3) is 0.455. The van der Waals surface area contributed by atoms with Gasteiger partial charge >= 0.3 is 0 Å². The Labute approximate surface area is 123 Å². The molecule has 0 saturated carbocycles. The highest BCUT2D eigenvalue weighted by molar-refractivity contribution is 7.89. The molecule has 1 unspecified atom stereocenters. The first-order valence-electron chi connectivity index (χ1n) is 5.67. The van der Waals surface area contributed by atoms with Crippen molar-refractivity contribution >= 4 is 34.0 Å². The van der Waals surface area contributed by atoms with Gasteiger partial charge in [-0.05, 0) is 37.6 Å². The molecule has 1 aliphatic rings. The van der Waals surface area contributed by atoms with Crippen LogP contribution in [0.5, 0.6) is 0 Å². The Balaban J connectivity index is 0.00000180. The predicted molar refractivity (Wildman–Crippen MR) is 74.9 cm³/mol. The summed E-state index contributed by atoms with van der Waals surface area (Å²) in [6.07, 6.45) is 1.67. The van der Waals surface area contributed by atoms with Gasteiger partial charge in [0.25, 0.3) is 0 Å². The van der Waals surface area contributed by atoms with Crippen LogP contribution in [-0.4, -0.2) is 27.5 Å². The maximum absolute atomic E-state index is 13.1. The van der Waals surface area contributed by atoms with Crippen LogP contribution in [0.1, 0.15) is 12.8 Å². The zero-order valence-electron chi connectivity index (χ0n) is 10.0. The average Bonchev–Trinajstić information content (AvgIpc) is 2.33. The largest absolute Gasteiger partial charge is 0.315 e. The standard InChI is InChI=1S/C11H14ClFN2O2S.ClH/c12-10-4-3-8(13)6-11(10)18(16,17)15-9-2-1-5-14-7-9;/h3-4,6,9,14-15H,1-2,5,7H2;1H. The molecular weight excluding hydrogens is 314 g/mol. The highest BCUT2D eigenvalue weighted by Gasteiger charge is 2.24. The van der Waals surface area contributed by atoms with Crippen LogP contribution in [0.25, 0.3) is 0 Å². The minimum absolute atomic E-state index is 0. The summed E-state index contributed by atoms with van der Waals surface area (Å²) in [7, 11) is -3.78. The predicted octanol–water partition coefficient (Wildman–Crippen LogP) is 1.93. The van der Waals surface area contributed by atoms with Gasteiger partial charge in [0.2, 0.25) is 10.0 Å². The van der Waals surface area contributed by atoms with Crippen LogP contribution in [0.15, 0.2) is 23.1 Å². The molecule has 0 bridgehead atoms. The van der Waals surface area contributed by atoms with E-state index in [9.17, 15) is 12.8 Å². The van der Waals surface area contributed by atoms with E-state index in [1.165, 1.54) is 6.07 Å². The van der Waals surface area contributed by atoms with Crippen LogP contribution < -0.4 is 10.0 Å². The van der Waals surface area contributed by atoms with Gasteiger partial charge in [-0.2, -0.15) is 0 Å². The molecule has 8 heteroatoms. The third-order valence-corrected chi connectivity index (χ3v) is 4.80. The van der Waals surface area contributed by atoms with Crippen molar-refractivity contribution in [3.63, 3.8) is 0 Å². The zero-order valence-corrected chi connectivity index (χ0v) is 12.4. The highest BCUT2D eigenvalue weighted by Crippen LogP contribution is 2.22. The third kappa shape index (κ3) is 4.29. The van der Waals surface area contributed by atoms with E-state index in [0.717, 1.165) is 31.5 Å². The first kappa shape index (κ1) is 16.7. The summed E-state index contributed by atoms with van der Waals surface area (Å²) >= 11 is 5.80. The number of hydrogen-bond acceptors (Lipinski definition) is 3. The molecule has 19 heavy (non-hydrogen) atoms. The molecule has 2 rings (SSSR count). The SMILES string of the molecule is Cl.O=S(=O)(NC1CCCNC1)c1cc(F)ccc1Cl. The van der Waals surface area contributed by atoms with Crippen molar-refractivity contribution in [3.8, 4) is 0 Å². The van der Waals surface area contributed by atoms with Crippen molar-refractivity contribution in [2.75, 3.05) is 13.1 Å². The Bertz CT molecular complexity index is 533. The second-order valence-corrected chi connectivity index (χ2v) is 6.33. The molecule has 108 valence electrons. The molecule has 0 aliphatic carbocycles. The van der Waals surface area contributed by atoms with E-state index >= 15 is 0 Å². The minimum atomic E-state index is -3.78. The van der Waals surface area contributed by atoms with Crippen LogP contribution in [-0.2, 0) is 10.0 Å². The smallest absolute Gasteiger partial charge is 0.242 e. The lowest BCUT2D eigenvalue weighted by atomic mass is 10.1. The molecule has 1 aliphatic heterocycles. The number of hydrogen-bond donors (Lipinski definition) is 2. The van der Waals surface area contributed by atoms with Crippen molar-refractivity contribution in [3.05, 3.63) is 29.0 Å². The highest BCUT2D eigenvalue weighted by atomic mass is 35.5. The van der Waals surface area contributed by atoms with E-state index < -0.39 is 15.8 Å². The Kier molecular flexibility index (Phi) is 6.01. The molecule has 0 amide bonds. The Morgan fingerprint density at radius 1 is 1.42 bits per heavy atom. The molecule has 4 nitrogen and oxygen atoms in total. The van der Waals surface area contributed by atoms with Gasteiger partial charge in [0, 0.05) is 12.6 Å². The van der Waals surface area contributed by atoms with Crippen LogP contribution in [0.2, 0.25) is 5.02 Å².